The van der Waals surface area contributed by atoms with E-state index in [1.807, 2.05) is 0 Å². The zero-order valence-corrected chi connectivity index (χ0v) is 10.6. The van der Waals surface area contributed by atoms with Crippen LogP contribution < -0.4 is 5.43 Å². The first-order valence-electron chi connectivity index (χ1n) is 5.54. The van der Waals surface area contributed by atoms with E-state index in [1.54, 1.807) is 48.5 Å². The van der Waals surface area contributed by atoms with E-state index < -0.39 is 0 Å². The summed E-state index contributed by atoms with van der Waals surface area (Å²) in [6, 6.07) is 13.2. The van der Waals surface area contributed by atoms with Crippen molar-refractivity contribution in [2.75, 3.05) is 0 Å². The van der Waals surface area contributed by atoms with Gasteiger partial charge in [-0.05, 0) is 36.4 Å². The Morgan fingerprint density at radius 3 is 2.45 bits per heavy atom. The van der Waals surface area contributed by atoms with Crippen molar-refractivity contribution in [1.82, 2.24) is 5.43 Å². The topological polar surface area (TPSA) is 61.7 Å². The molecule has 0 saturated heterocycles. The Labute approximate surface area is 122 Å². The summed E-state index contributed by atoms with van der Waals surface area (Å²) in [7, 11) is 0. The predicted octanol–water partition coefficient (Wildman–Crippen LogP) is 3.45. The van der Waals surface area contributed by atoms with Crippen molar-refractivity contribution in [1.29, 1.82) is 0 Å². The first-order valence-corrected chi connectivity index (χ1v) is 5.91. The van der Waals surface area contributed by atoms with E-state index in [-0.39, 0.29) is 19.1 Å². The average molecular weight is 291 g/mol. The summed E-state index contributed by atoms with van der Waals surface area (Å²) in [5, 5.41) is 13.9. The summed E-state index contributed by atoms with van der Waals surface area (Å²) < 4.78 is 0. The Morgan fingerprint density at radius 1 is 1.15 bits per heavy atom. The smallest absolute Gasteiger partial charge is 0.271 e. The number of para-hydroxylation sites is 1. The van der Waals surface area contributed by atoms with Crippen molar-refractivity contribution in [3.05, 3.63) is 64.7 Å². The number of hydrazone groups is 1. The summed E-state index contributed by atoms with van der Waals surface area (Å²) in [5.41, 5.74) is 3.35. The van der Waals surface area contributed by atoms with Crippen LogP contribution in [0.1, 0.15) is 23.3 Å². The largest absolute Gasteiger partial charge is 0.507 e. The molecule has 0 unspecified atom stereocenters. The van der Waals surface area contributed by atoms with Crippen LogP contribution >= 0.6 is 11.6 Å². The Hall–Kier alpha value is -2.33. The van der Waals surface area contributed by atoms with Crippen molar-refractivity contribution in [2.24, 2.45) is 5.10 Å². The Kier molecular flexibility index (Phi) is 5.74. The van der Waals surface area contributed by atoms with Crippen molar-refractivity contribution < 1.29 is 9.90 Å². The highest BCUT2D eigenvalue weighted by Crippen LogP contribution is 2.12. The fraction of sp³-hybridized carbons (Fsp3) is 0.0667. The lowest BCUT2D eigenvalue weighted by atomic mass is 10.2. The molecule has 0 saturated carbocycles. The molecule has 0 aliphatic rings. The molecule has 2 aromatic carbocycles. The molecule has 0 radical (unpaired) electrons. The second-order valence-corrected chi connectivity index (χ2v) is 4.20. The molecule has 20 heavy (non-hydrogen) atoms. The lowest BCUT2D eigenvalue weighted by Crippen LogP contribution is -2.17. The van der Waals surface area contributed by atoms with E-state index >= 15 is 0 Å². The molecule has 0 aliphatic heterocycles. The highest BCUT2D eigenvalue weighted by Gasteiger charge is 2.03. The van der Waals surface area contributed by atoms with Gasteiger partial charge in [0.2, 0.25) is 0 Å². The van der Waals surface area contributed by atoms with Crippen LogP contribution in [0.25, 0.3) is 0 Å². The van der Waals surface area contributed by atoms with Crippen molar-refractivity contribution >= 4 is 23.7 Å². The van der Waals surface area contributed by atoms with Crippen molar-refractivity contribution in [3.8, 4) is 5.75 Å². The lowest BCUT2D eigenvalue weighted by Gasteiger charge is -2.00. The molecule has 0 aliphatic carbocycles. The minimum Gasteiger partial charge on any atom is -0.507 e. The molecule has 2 N–H and O–H groups in total. The molecule has 0 bridgehead atoms. The second kappa shape index (κ2) is 7.31. The maximum atomic E-state index is 11.7. The third-order valence-electron chi connectivity index (χ3n) is 2.41. The van der Waals surface area contributed by atoms with Gasteiger partial charge in [0.1, 0.15) is 5.75 Å². The third-order valence-corrected chi connectivity index (χ3v) is 2.66. The maximum Gasteiger partial charge on any atom is 0.271 e. The van der Waals surface area contributed by atoms with Gasteiger partial charge in [0.25, 0.3) is 5.91 Å². The number of nitrogens with zero attached hydrogens (tertiary/aromatic N) is 1. The molecular weight excluding hydrogens is 276 g/mol. The monoisotopic (exact) mass is 290 g/mol. The number of nitrogens with one attached hydrogen (secondary N) is 1. The zero-order chi connectivity index (χ0) is 13.7. The van der Waals surface area contributed by atoms with Gasteiger partial charge < -0.3 is 5.11 Å². The van der Waals surface area contributed by atoms with E-state index in [4.69, 9.17) is 11.6 Å². The molecule has 0 spiro atoms. The quantitative estimate of drug-likeness (QED) is 0.672. The maximum absolute atomic E-state index is 11.7. The van der Waals surface area contributed by atoms with E-state index in [2.05, 4.69) is 10.5 Å². The van der Waals surface area contributed by atoms with Crippen LogP contribution in [0.3, 0.4) is 0 Å². The number of hydrogen-bond donors (Lipinski definition) is 2. The Morgan fingerprint density at radius 2 is 1.80 bits per heavy atom. The summed E-state index contributed by atoms with van der Waals surface area (Å²) >= 11 is 5.73. The van der Waals surface area contributed by atoms with Gasteiger partial charge in [0.15, 0.2) is 0 Å². The van der Waals surface area contributed by atoms with Gasteiger partial charge in [-0.2, -0.15) is 5.10 Å². The van der Waals surface area contributed by atoms with E-state index in [0.29, 0.717) is 16.1 Å². The van der Waals surface area contributed by atoms with E-state index in [9.17, 15) is 9.90 Å². The van der Waals surface area contributed by atoms with Crippen molar-refractivity contribution in [3.63, 3.8) is 0 Å². The second-order valence-electron chi connectivity index (χ2n) is 3.76. The summed E-state index contributed by atoms with van der Waals surface area (Å²) in [4.78, 5) is 11.7. The molecule has 0 fully saturated rings. The predicted molar refractivity (Wildman–Crippen MR) is 81.4 cm³/mol. The van der Waals surface area contributed by atoms with Gasteiger partial charge in [-0.15, -0.1) is 0 Å². The molecule has 2 aromatic rings. The number of carbonyl (C=O) groups excluding carboxylic acids is 1. The van der Waals surface area contributed by atoms with Gasteiger partial charge in [-0.25, -0.2) is 5.43 Å². The Balaban J connectivity index is 0.00000200. The fourth-order valence-electron chi connectivity index (χ4n) is 1.42. The number of phenols is 1. The molecule has 1 amide bonds. The lowest BCUT2D eigenvalue weighted by molar-refractivity contribution is 0.0955. The SMILES string of the molecule is C.O=C(N/N=C/c1ccccc1O)c1ccc(Cl)cc1. The van der Waals surface area contributed by atoms with Crippen LogP contribution in [-0.2, 0) is 0 Å². The molecule has 5 heteroatoms. The number of halogens is 1. The minimum absolute atomic E-state index is 0. The van der Waals surface area contributed by atoms with Gasteiger partial charge in [0.05, 0.1) is 6.21 Å². The molecular formula is C15H15ClN2O2. The number of carbonyl (C=O) groups is 1. The van der Waals surface area contributed by atoms with Crippen LogP contribution in [0.15, 0.2) is 53.6 Å². The molecule has 0 atom stereocenters. The van der Waals surface area contributed by atoms with Crippen LogP contribution in [0, 0.1) is 0 Å². The van der Waals surface area contributed by atoms with Crippen LogP contribution in [-0.4, -0.2) is 17.2 Å². The third kappa shape index (κ3) is 4.10. The highest BCUT2D eigenvalue weighted by molar-refractivity contribution is 6.30. The first kappa shape index (κ1) is 15.7. The highest BCUT2D eigenvalue weighted by atomic mass is 35.5. The number of aromatic hydroxyl groups is 1. The Bertz CT molecular complexity index is 610. The standard InChI is InChI=1S/C14H11ClN2O2.CH4/c15-12-7-5-10(6-8-12)14(19)17-16-9-11-3-1-2-4-13(11)18;/h1-9,18H,(H,17,19);1H4/b16-9+;. The average Bonchev–Trinajstić information content (AvgIpc) is 2.41. The van der Waals surface area contributed by atoms with Gasteiger partial charge in [0, 0.05) is 16.1 Å². The zero-order valence-electron chi connectivity index (χ0n) is 9.88. The number of rotatable bonds is 3. The number of benzene rings is 2. The van der Waals surface area contributed by atoms with Crippen LogP contribution in [0.4, 0.5) is 0 Å². The van der Waals surface area contributed by atoms with Crippen molar-refractivity contribution in [2.45, 2.75) is 7.43 Å². The van der Waals surface area contributed by atoms with E-state index in [1.165, 1.54) is 6.21 Å². The molecule has 2 rings (SSSR count). The summed E-state index contributed by atoms with van der Waals surface area (Å²) in [6.07, 6.45) is 1.38. The summed E-state index contributed by atoms with van der Waals surface area (Å²) in [5.74, 6) is -0.240. The minimum atomic E-state index is -0.344. The van der Waals surface area contributed by atoms with Gasteiger partial charge in [-0.3, -0.25) is 4.79 Å². The van der Waals surface area contributed by atoms with Gasteiger partial charge >= 0.3 is 0 Å². The van der Waals surface area contributed by atoms with Crippen LogP contribution in [0.2, 0.25) is 5.02 Å². The van der Waals surface area contributed by atoms with Gasteiger partial charge in [-0.1, -0.05) is 31.2 Å². The number of hydrogen-bond acceptors (Lipinski definition) is 3. The van der Waals surface area contributed by atoms with E-state index in [0.717, 1.165) is 0 Å². The first-order chi connectivity index (χ1) is 9.16. The molecule has 104 valence electrons. The molecule has 0 aromatic heterocycles. The fourth-order valence-corrected chi connectivity index (χ4v) is 1.55. The summed E-state index contributed by atoms with van der Waals surface area (Å²) in [6.45, 7) is 0. The number of amides is 1. The number of phenolic OH excluding ortho intramolecular Hbond substituents is 1. The van der Waals surface area contributed by atoms with Crippen LogP contribution in [0.5, 0.6) is 5.75 Å². The normalized spacial score (nSPS) is 10.1. The molecule has 4 nitrogen and oxygen atoms in total. The molecule has 0 heterocycles.